The van der Waals surface area contributed by atoms with Crippen LogP contribution < -0.4 is 0 Å². The van der Waals surface area contributed by atoms with Gasteiger partial charge in [-0.25, -0.2) is 0 Å². The molecule has 0 aromatic rings. The Bertz CT molecular complexity index is 361. The number of hydrogen-bond acceptors (Lipinski definition) is 4. The van der Waals surface area contributed by atoms with E-state index in [9.17, 15) is 9.59 Å². The molecular weight excluding hydrogens is 256 g/mol. The molecule has 2 atom stereocenters. The van der Waals surface area contributed by atoms with Crippen molar-refractivity contribution in [2.75, 3.05) is 0 Å². The fourth-order valence-corrected chi connectivity index (χ4v) is 2.54. The lowest BCUT2D eigenvalue weighted by Gasteiger charge is -2.35. The molecule has 0 bridgehead atoms. The highest BCUT2D eigenvalue weighted by atomic mass is 16.6. The zero-order valence-electron chi connectivity index (χ0n) is 13.5. The maximum atomic E-state index is 12.4. The standard InChI is InChI=1S/C16H28O4/c1-6-9-12-16(10-7-2,11-13(17)19-12)20-14(18)15(4,5)8-3/h12H,6-11H2,1-5H3. The zero-order chi connectivity index (χ0) is 15.4. The first kappa shape index (κ1) is 17.0. The second-order valence-corrected chi connectivity index (χ2v) is 6.39. The van der Waals surface area contributed by atoms with E-state index in [2.05, 4.69) is 0 Å². The first-order valence-electron chi connectivity index (χ1n) is 7.74. The summed E-state index contributed by atoms with van der Waals surface area (Å²) < 4.78 is 11.2. The molecule has 0 spiro atoms. The van der Waals surface area contributed by atoms with Gasteiger partial charge in [0.1, 0.15) is 6.10 Å². The number of esters is 2. The molecule has 0 aromatic carbocycles. The fourth-order valence-electron chi connectivity index (χ4n) is 2.54. The van der Waals surface area contributed by atoms with E-state index in [1.54, 1.807) is 0 Å². The van der Waals surface area contributed by atoms with Gasteiger partial charge in [0.05, 0.1) is 11.8 Å². The predicted octanol–water partition coefficient (Wildman–Crippen LogP) is 3.62. The maximum Gasteiger partial charge on any atom is 0.312 e. The molecule has 20 heavy (non-hydrogen) atoms. The number of rotatable bonds is 7. The van der Waals surface area contributed by atoms with E-state index in [-0.39, 0.29) is 24.5 Å². The second kappa shape index (κ2) is 6.59. The lowest BCUT2D eigenvalue weighted by atomic mass is 9.85. The molecule has 4 heteroatoms. The van der Waals surface area contributed by atoms with Crippen LogP contribution in [-0.2, 0) is 19.1 Å². The van der Waals surface area contributed by atoms with E-state index in [1.807, 2.05) is 34.6 Å². The maximum absolute atomic E-state index is 12.4. The second-order valence-electron chi connectivity index (χ2n) is 6.39. The van der Waals surface area contributed by atoms with E-state index >= 15 is 0 Å². The Morgan fingerprint density at radius 1 is 1.35 bits per heavy atom. The summed E-state index contributed by atoms with van der Waals surface area (Å²) in [7, 11) is 0. The van der Waals surface area contributed by atoms with Gasteiger partial charge in [-0.1, -0.05) is 33.6 Å². The van der Waals surface area contributed by atoms with Crippen LogP contribution >= 0.6 is 0 Å². The van der Waals surface area contributed by atoms with Crippen molar-refractivity contribution < 1.29 is 19.1 Å². The first-order chi connectivity index (χ1) is 9.31. The summed E-state index contributed by atoms with van der Waals surface area (Å²) in [5, 5.41) is 0. The van der Waals surface area contributed by atoms with Crippen LogP contribution in [0.2, 0.25) is 0 Å². The summed E-state index contributed by atoms with van der Waals surface area (Å²) in [5.41, 5.74) is -1.28. The molecule has 0 N–H and O–H groups in total. The highest BCUT2D eigenvalue weighted by Crippen LogP contribution is 2.39. The topological polar surface area (TPSA) is 52.6 Å². The number of carbonyl (C=O) groups excluding carboxylic acids is 2. The van der Waals surface area contributed by atoms with E-state index in [0.29, 0.717) is 12.8 Å². The minimum absolute atomic E-state index is 0.192. The molecule has 0 radical (unpaired) electrons. The highest BCUT2D eigenvalue weighted by molar-refractivity contribution is 5.79. The molecule has 1 aliphatic heterocycles. The summed E-state index contributed by atoms with van der Waals surface area (Å²) >= 11 is 0. The van der Waals surface area contributed by atoms with E-state index in [1.165, 1.54) is 0 Å². The summed E-state index contributed by atoms with van der Waals surface area (Å²) in [4.78, 5) is 24.1. The van der Waals surface area contributed by atoms with Gasteiger partial charge >= 0.3 is 11.9 Å². The van der Waals surface area contributed by atoms with Crippen LogP contribution in [0.3, 0.4) is 0 Å². The molecule has 1 fully saturated rings. The average molecular weight is 284 g/mol. The van der Waals surface area contributed by atoms with Crippen LogP contribution in [0.4, 0.5) is 0 Å². The lowest BCUT2D eigenvalue weighted by Crippen LogP contribution is -2.45. The molecule has 1 aliphatic rings. The van der Waals surface area contributed by atoms with Crippen molar-refractivity contribution in [3.8, 4) is 0 Å². The molecule has 116 valence electrons. The van der Waals surface area contributed by atoms with Crippen LogP contribution in [0.15, 0.2) is 0 Å². The van der Waals surface area contributed by atoms with Crippen molar-refractivity contribution in [1.29, 1.82) is 0 Å². The zero-order valence-corrected chi connectivity index (χ0v) is 13.5. The summed E-state index contributed by atoms with van der Waals surface area (Å²) in [6.45, 7) is 9.80. The largest absolute Gasteiger partial charge is 0.458 e. The van der Waals surface area contributed by atoms with Crippen molar-refractivity contribution in [3.63, 3.8) is 0 Å². The predicted molar refractivity (Wildman–Crippen MR) is 77.2 cm³/mol. The van der Waals surface area contributed by atoms with Crippen molar-refractivity contribution in [2.24, 2.45) is 5.41 Å². The minimum Gasteiger partial charge on any atom is -0.458 e. The van der Waals surface area contributed by atoms with Crippen molar-refractivity contribution in [2.45, 2.75) is 84.8 Å². The Morgan fingerprint density at radius 2 is 2.00 bits per heavy atom. The molecule has 0 aromatic heterocycles. The van der Waals surface area contributed by atoms with Gasteiger partial charge in [-0.2, -0.15) is 0 Å². The Hall–Kier alpha value is -1.06. The van der Waals surface area contributed by atoms with E-state index in [0.717, 1.165) is 19.3 Å². The number of ether oxygens (including phenoxy) is 2. The molecular formula is C16H28O4. The fraction of sp³-hybridized carbons (Fsp3) is 0.875. The minimum atomic E-state index is -0.759. The molecule has 0 amide bonds. The average Bonchev–Trinajstić information content (AvgIpc) is 2.66. The summed E-state index contributed by atoms with van der Waals surface area (Å²) in [5.74, 6) is -0.480. The first-order valence-corrected chi connectivity index (χ1v) is 7.74. The molecule has 0 aliphatic carbocycles. The van der Waals surface area contributed by atoms with Gasteiger partial charge < -0.3 is 9.47 Å². The smallest absolute Gasteiger partial charge is 0.312 e. The third-order valence-electron chi connectivity index (χ3n) is 4.26. The van der Waals surface area contributed by atoms with Gasteiger partial charge in [-0.3, -0.25) is 9.59 Å². The molecule has 0 saturated carbocycles. The third kappa shape index (κ3) is 3.53. The van der Waals surface area contributed by atoms with Gasteiger partial charge in [0.25, 0.3) is 0 Å². The third-order valence-corrected chi connectivity index (χ3v) is 4.26. The Morgan fingerprint density at radius 3 is 2.50 bits per heavy atom. The molecule has 1 saturated heterocycles. The van der Waals surface area contributed by atoms with E-state index in [4.69, 9.17) is 9.47 Å². The van der Waals surface area contributed by atoms with E-state index < -0.39 is 11.0 Å². The van der Waals surface area contributed by atoms with Crippen LogP contribution in [0.1, 0.15) is 73.1 Å². The molecule has 2 unspecified atom stereocenters. The molecule has 1 rings (SSSR count). The van der Waals surface area contributed by atoms with Gasteiger partial charge in [-0.05, 0) is 33.1 Å². The van der Waals surface area contributed by atoms with Crippen LogP contribution in [0.25, 0.3) is 0 Å². The molecule has 4 nitrogen and oxygen atoms in total. The van der Waals surface area contributed by atoms with Gasteiger partial charge in [-0.15, -0.1) is 0 Å². The van der Waals surface area contributed by atoms with Crippen molar-refractivity contribution in [1.82, 2.24) is 0 Å². The molecule has 1 heterocycles. The quantitative estimate of drug-likeness (QED) is 0.670. The van der Waals surface area contributed by atoms with Crippen molar-refractivity contribution in [3.05, 3.63) is 0 Å². The van der Waals surface area contributed by atoms with Gasteiger partial charge in [0, 0.05) is 0 Å². The van der Waals surface area contributed by atoms with Crippen LogP contribution in [0, 0.1) is 5.41 Å². The summed E-state index contributed by atoms with van der Waals surface area (Å²) in [6, 6.07) is 0. The normalized spacial score (nSPS) is 26.4. The SMILES string of the molecule is CCCC1OC(=O)CC1(CCC)OC(=O)C(C)(C)CC. The summed E-state index contributed by atoms with van der Waals surface area (Å²) in [6.07, 6.45) is 3.78. The van der Waals surface area contributed by atoms with Crippen LogP contribution in [0.5, 0.6) is 0 Å². The number of carbonyl (C=O) groups is 2. The lowest BCUT2D eigenvalue weighted by molar-refractivity contribution is -0.178. The van der Waals surface area contributed by atoms with Crippen molar-refractivity contribution >= 4 is 11.9 Å². The monoisotopic (exact) mass is 284 g/mol. The number of cyclic esters (lactones) is 1. The van der Waals surface area contributed by atoms with Gasteiger partial charge in [0.2, 0.25) is 0 Å². The number of hydrogen-bond donors (Lipinski definition) is 0. The highest BCUT2D eigenvalue weighted by Gasteiger charge is 2.52. The van der Waals surface area contributed by atoms with Gasteiger partial charge in [0.15, 0.2) is 5.60 Å². The Balaban J connectivity index is 2.96. The van der Waals surface area contributed by atoms with Crippen LogP contribution in [-0.4, -0.2) is 23.6 Å². The Kier molecular flexibility index (Phi) is 5.60. The Labute approximate surface area is 122 Å².